The van der Waals surface area contributed by atoms with Gasteiger partial charge < -0.3 is 0 Å². The summed E-state index contributed by atoms with van der Waals surface area (Å²) in [5, 5.41) is 4.43. The first kappa shape index (κ1) is 9.93. The summed E-state index contributed by atoms with van der Waals surface area (Å²) in [6.45, 7) is 1.47. The summed E-state index contributed by atoms with van der Waals surface area (Å²) in [6, 6.07) is 9.44. The first-order chi connectivity index (χ1) is 7.20. The van der Waals surface area contributed by atoms with Crippen molar-refractivity contribution in [1.29, 1.82) is 0 Å². The lowest BCUT2D eigenvalue weighted by Crippen LogP contribution is -1.97. The van der Waals surface area contributed by atoms with Crippen molar-refractivity contribution in [3.8, 4) is 5.69 Å². The second kappa shape index (κ2) is 3.87. The van der Waals surface area contributed by atoms with E-state index in [1.165, 1.54) is 17.8 Å². The fourth-order valence-corrected chi connectivity index (χ4v) is 1.64. The van der Waals surface area contributed by atoms with Gasteiger partial charge in [-0.05, 0) is 19.1 Å². The van der Waals surface area contributed by atoms with Crippen molar-refractivity contribution in [3.63, 3.8) is 0 Å². The zero-order valence-electron chi connectivity index (χ0n) is 8.14. The summed E-state index contributed by atoms with van der Waals surface area (Å²) in [5.41, 5.74) is 1.29. The number of carbonyl (C=O) groups excluding carboxylic acids is 1. The van der Waals surface area contributed by atoms with E-state index in [1.807, 2.05) is 30.3 Å². The molecule has 0 saturated heterocycles. The number of Topliss-reactive ketones (excluding diaryl/α,β-unsaturated/α-hetero) is 1. The molecule has 4 heteroatoms. The Bertz CT molecular complexity index is 491. The monoisotopic (exact) mass is 220 g/mol. The lowest BCUT2D eigenvalue weighted by atomic mass is 10.2. The third-order valence-electron chi connectivity index (χ3n) is 2.09. The minimum absolute atomic E-state index is 0.0813. The van der Waals surface area contributed by atoms with Crippen molar-refractivity contribution >= 4 is 17.4 Å². The highest BCUT2D eigenvalue weighted by Crippen LogP contribution is 2.19. The van der Waals surface area contributed by atoms with Crippen molar-refractivity contribution in [1.82, 2.24) is 9.78 Å². The first-order valence-corrected chi connectivity index (χ1v) is 4.88. The largest absolute Gasteiger partial charge is 0.294 e. The third-order valence-corrected chi connectivity index (χ3v) is 2.45. The highest BCUT2D eigenvalue weighted by molar-refractivity contribution is 6.33. The maximum Gasteiger partial charge on any atom is 0.164 e. The third kappa shape index (κ3) is 1.78. The van der Waals surface area contributed by atoms with Crippen LogP contribution in [0, 0.1) is 0 Å². The number of aromatic nitrogens is 2. The quantitative estimate of drug-likeness (QED) is 0.730. The number of halogens is 1. The highest BCUT2D eigenvalue weighted by Gasteiger charge is 2.12. The molecule has 0 N–H and O–H groups in total. The minimum Gasteiger partial charge on any atom is -0.294 e. The SMILES string of the molecule is CC(=O)c1cnn(-c2ccccc2)c1Cl. The Kier molecular flexibility index (Phi) is 2.56. The summed E-state index contributed by atoms with van der Waals surface area (Å²) in [4.78, 5) is 11.2. The zero-order valence-corrected chi connectivity index (χ0v) is 8.90. The van der Waals surface area contributed by atoms with E-state index < -0.39 is 0 Å². The molecule has 3 nitrogen and oxygen atoms in total. The predicted molar refractivity (Wildman–Crippen MR) is 58.6 cm³/mol. The molecule has 2 rings (SSSR count). The van der Waals surface area contributed by atoms with E-state index in [1.54, 1.807) is 0 Å². The van der Waals surface area contributed by atoms with Gasteiger partial charge in [-0.2, -0.15) is 5.10 Å². The number of rotatable bonds is 2. The molecule has 76 valence electrons. The lowest BCUT2D eigenvalue weighted by Gasteiger charge is -2.01. The van der Waals surface area contributed by atoms with Crippen LogP contribution in [-0.2, 0) is 0 Å². The van der Waals surface area contributed by atoms with Gasteiger partial charge in [-0.25, -0.2) is 4.68 Å². The van der Waals surface area contributed by atoms with Gasteiger partial charge in [0.05, 0.1) is 17.4 Å². The number of para-hydroxylation sites is 1. The number of hydrogen-bond acceptors (Lipinski definition) is 2. The summed E-state index contributed by atoms with van der Waals surface area (Å²) in [5.74, 6) is -0.0813. The van der Waals surface area contributed by atoms with Gasteiger partial charge >= 0.3 is 0 Å². The molecule has 0 unspecified atom stereocenters. The smallest absolute Gasteiger partial charge is 0.164 e. The van der Waals surface area contributed by atoms with Crippen LogP contribution in [0.4, 0.5) is 0 Å². The maximum atomic E-state index is 11.2. The minimum atomic E-state index is -0.0813. The van der Waals surface area contributed by atoms with E-state index in [0.29, 0.717) is 10.7 Å². The van der Waals surface area contributed by atoms with Crippen LogP contribution in [0.1, 0.15) is 17.3 Å². The van der Waals surface area contributed by atoms with E-state index in [2.05, 4.69) is 5.10 Å². The predicted octanol–water partition coefficient (Wildman–Crippen LogP) is 2.73. The molecule has 1 aromatic carbocycles. The fourth-order valence-electron chi connectivity index (χ4n) is 1.32. The Labute approximate surface area is 92.3 Å². The molecule has 0 radical (unpaired) electrons. The lowest BCUT2D eigenvalue weighted by molar-refractivity contribution is 0.101. The van der Waals surface area contributed by atoms with Gasteiger partial charge in [0, 0.05) is 0 Å². The number of carbonyl (C=O) groups is 1. The normalized spacial score (nSPS) is 10.3. The van der Waals surface area contributed by atoms with Crippen LogP contribution in [0.3, 0.4) is 0 Å². The molecule has 15 heavy (non-hydrogen) atoms. The van der Waals surface area contributed by atoms with Gasteiger partial charge in [0.25, 0.3) is 0 Å². The molecule has 0 aliphatic carbocycles. The van der Waals surface area contributed by atoms with Crippen molar-refractivity contribution in [2.24, 2.45) is 0 Å². The number of hydrogen-bond donors (Lipinski definition) is 0. The molecule has 0 aliphatic rings. The Balaban J connectivity index is 2.52. The average Bonchev–Trinajstić information content (AvgIpc) is 2.61. The maximum absolute atomic E-state index is 11.2. The van der Waals surface area contributed by atoms with E-state index in [-0.39, 0.29) is 5.78 Å². The van der Waals surface area contributed by atoms with Crippen molar-refractivity contribution in [2.75, 3.05) is 0 Å². The van der Waals surface area contributed by atoms with Crippen LogP contribution in [0.25, 0.3) is 5.69 Å². The van der Waals surface area contributed by atoms with Crippen LogP contribution in [0.5, 0.6) is 0 Å². The number of ketones is 1. The Morgan fingerprint density at radius 1 is 1.33 bits per heavy atom. The van der Waals surface area contributed by atoms with Gasteiger partial charge in [0.1, 0.15) is 5.15 Å². The fraction of sp³-hybridized carbons (Fsp3) is 0.0909. The first-order valence-electron chi connectivity index (χ1n) is 4.50. The van der Waals surface area contributed by atoms with Gasteiger partial charge in [-0.1, -0.05) is 29.8 Å². The molecule has 1 aromatic heterocycles. The van der Waals surface area contributed by atoms with Crippen molar-refractivity contribution in [2.45, 2.75) is 6.92 Å². The number of nitrogens with zero attached hydrogens (tertiary/aromatic N) is 2. The summed E-state index contributed by atoms with van der Waals surface area (Å²) < 4.78 is 1.54. The molecule has 1 heterocycles. The Morgan fingerprint density at radius 2 is 2.00 bits per heavy atom. The standard InChI is InChI=1S/C11H9ClN2O/c1-8(15)10-7-13-14(11(10)12)9-5-3-2-4-6-9/h2-7H,1H3. The van der Waals surface area contributed by atoms with Crippen LogP contribution in [-0.4, -0.2) is 15.6 Å². The van der Waals surface area contributed by atoms with E-state index in [0.717, 1.165) is 5.69 Å². The van der Waals surface area contributed by atoms with Crippen LogP contribution in [0.15, 0.2) is 36.5 Å². The average molecular weight is 221 g/mol. The molecule has 0 spiro atoms. The number of benzene rings is 1. The van der Waals surface area contributed by atoms with Gasteiger partial charge in [0.15, 0.2) is 5.78 Å². The van der Waals surface area contributed by atoms with E-state index in [9.17, 15) is 4.79 Å². The topological polar surface area (TPSA) is 34.9 Å². The summed E-state index contributed by atoms with van der Waals surface area (Å²) in [6.07, 6.45) is 1.48. The second-order valence-electron chi connectivity index (χ2n) is 3.15. The molecule has 0 bridgehead atoms. The second-order valence-corrected chi connectivity index (χ2v) is 3.51. The Hall–Kier alpha value is -1.61. The summed E-state index contributed by atoms with van der Waals surface area (Å²) >= 11 is 6.03. The molecule has 0 saturated carbocycles. The molecule has 0 atom stereocenters. The van der Waals surface area contributed by atoms with Crippen LogP contribution < -0.4 is 0 Å². The van der Waals surface area contributed by atoms with Crippen LogP contribution >= 0.6 is 11.6 Å². The Morgan fingerprint density at radius 3 is 2.53 bits per heavy atom. The van der Waals surface area contributed by atoms with Crippen LogP contribution in [0.2, 0.25) is 5.15 Å². The molecule has 0 fully saturated rings. The molecular formula is C11H9ClN2O. The highest BCUT2D eigenvalue weighted by atomic mass is 35.5. The van der Waals surface area contributed by atoms with Crippen molar-refractivity contribution in [3.05, 3.63) is 47.2 Å². The van der Waals surface area contributed by atoms with Crippen molar-refractivity contribution < 1.29 is 4.79 Å². The summed E-state index contributed by atoms with van der Waals surface area (Å²) in [7, 11) is 0. The van der Waals surface area contributed by atoms with E-state index >= 15 is 0 Å². The van der Waals surface area contributed by atoms with Gasteiger partial charge in [-0.3, -0.25) is 4.79 Å². The van der Waals surface area contributed by atoms with Gasteiger partial charge in [-0.15, -0.1) is 0 Å². The zero-order chi connectivity index (χ0) is 10.8. The van der Waals surface area contributed by atoms with E-state index in [4.69, 9.17) is 11.6 Å². The molecule has 0 amide bonds. The molecule has 2 aromatic rings. The molecular weight excluding hydrogens is 212 g/mol. The molecule has 0 aliphatic heterocycles. The van der Waals surface area contributed by atoms with Gasteiger partial charge in [0.2, 0.25) is 0 Å².